The molecule has 2 N–H and O–H groups in total. The van der Waals surface area contributed by atoms with Crippen LogP contribution in [-0.2, 0) is 11.2 Å². The molecule has 0 aromatic carbocycles. The molecule has 0 saturated carbocycles. The molecule has 1 aliphatic heterocycles. The lowest BCUT2D eigenvalue weighted by Crippen LogP contribution is -2.54. The molecule has 0 atom stereocenters. The number of aryl methyl sites for hydroxylation is 1. The Morgan fingerprint density at radius 3 is 2.80 bits per heavy atom. The molecular weight excluding hydrogens is 280 g/mol. The van der Waals surface area contributed by atoms with E-state index in [1.165, 1.54) is 0 Å². The zero-order valence-corrected chi connectivity index (χ0v) is 12.2. The lowest BCUT2D eigenvalue weighted by atomic mass is 9.90. The Bertz CT molecular complexity index is 487. The number of aliphatic hydroxyl groups excluding tert-OH is 1. The van der Waals surface area contributed by atoms with Crippen molar-refractivity contribution in [1.29, 1.82) is 0 Å². The minimum absolute atomic E-state index is 0.0957. The topological polar surface area (TPSA) is 71.5 Å². The molecule has 20 heavy (non-hydrogen) atoms. The number of pyridine rings is 1. The van der Waals surface area contributed by atoms with Crippen LogP contribution in [0.15, 0.2) is 12.1 Å². The highest BCUT2D eigenvalue weighted by Gasteiger charge is 2.33. The zero-order chi connectivity index (χ0) is 14.6. The van der Waals surface area contributed by atoms with Gasteiger partial charge in [0.2, 0.25) is 0 Å². The van der Waals surface area contributed by atoms with Gasteiger partial charge in [-0.1, -0.05) is 18.5 Å². The quantitative estimate of drug-likeness (QED) is 0.828. The van der Waals surface area contributed by atoms with Crippen molar-refractivity contribution in [3.63, 3.8) is 0 Å². The van der Waals surface area contributed by atoms with Gasteiger partial charge in [0.25, 0.3) is 5.91 Å². The lowest BCUT2D eigenvalue weighted by molar-refractivity contribution is 0.0125. The first kappa shape index (κ1) is 15.2. The summed E-state index contributed by atoms with van der Waals surface area (Å²) in [7, 11) is 0. The standard InChI is InChI=1S/C14H19ClN2O3/c1-2-11-7-10(8-12(15)16-11)13(19)17-14(9-18)3-5-20-6-4-14/h7-8,18H,2-6,9H2,1H3,(H,17,19). The summed E-state index contributed by atoms with van der Waals surface area (Å²) >= 11 is 5.92. The largest absolute Gasteiger partial charge is 0.394 e. The second-order valence-corrected chi connectivity index (χ2v) is 5.42. The van der Waals surface area contributed by atoms with E-state index >= 15 is 0 Å². The monoisotopic (exact) mass is 298 g/mol. The van der Waals surface area contributed by atoms with Crippen LogP contribution in [0.5, 0.6) is 0 Å². The molecule has 0 unspecified atom stereocenters. The lowest BCUT2D eigenvalue weighted by Gasteiger charge is -2.36. The molecule has 1 aliphatic rings. The van der Waals surface area contributed by atoms with E-state index in [1.54, 1.807) is 12.1 Å². The molecule has 2 rings (SSSR count). The van der Waals surface area contributed by atoms with Crippen LogP contribution in [0.3, 0.4) is 0 Å². The van der Waals surface area contributed by atoms with Crippen LogP contribution in [0.2, 0.25) is 5.15 Å². The minimum Gasteiger partial charge on any atom is -0.394 e. The van der Waals surface area contributed by atoms with Crippen LogP contribution in [0, 0.1) is 0 Å². The molecule has 0 aliphatic carbocycles. The summed E-state index contributed by atoms with van der Waals surface area (Å²) in [5, 5.41) is 12.8. The van der Waals surface area contributed by atoms with Gasteiger partial charge in [-0.15, -0.1) is 0 Å². The van der Waals surface area contributed by atoms with Crippen LogP contribution in [0.1, 0.15) is 35.8 Å². The third-order valence-electron chi connectivity index (χ3n) is 3.60. The molecule has 110 valence electrons. The van der Waals surface area contributed by atoms with E-state index < -0.39 is 5.54 Å². The molecule has 5 nitrogen and oxygen atoms in total. The minimum atomic E-state index is -0.600. The molecule has 1 fully saturated rings. The number of hydrogen-bond donors (Lipinski definition) is 2. The maximum atomic E-state index is 12.3. The fourth-order valence-corrected chi connectivity index (χ4v) is 2.49. The third-order valence-corrected chi connectivity index (χ3v) is 3.80. The van der Waals surface area contributed by atoms with Crippen molar-refractivity contribution in [3.8, 4) is 0 Å². The Morgan fingerprint density at radius 2 is 2.20 bits per heavy atom. The van der Waals surface area contributed by atoms with Crippen molar-refractivity contribution in [1.82, 2.24) is 10.3 Å². The summed E-state index contributed by atoms with van der Waals surface area (Å²) in [4.78, 5) is 16.5. The first-order valence-electron chi connectivity index (χ1n) is 6.76. The Hall–Kier alpha value is -1.17. The number of ether oxygens (including phenoxy) is 1. The fraction of sp³-hybridized carbons (Fsp3) is 0.571. The predicted octanol–water partition coefficient (Wildman–Crippen LogP) is 1.57. The molecule has 0 spiro atoms. The van der Waals surface area contributed by atoms with Crippen LogP contribution in [-0.4, -0.2) is 41.4 Å². The van der Waals surface area contributed by atoms with Gasteiger partial charge in [-0.3, -0.25) is 4.79 Å². The molecule has 6 heteroatoms. The second-order valence-electron chi connectivity index (χ2n) is 5.03. The summed E-state index contributed by atoms with van der Waals surface area (Å²) in [6.45, 7) is 2.94. The number of nitrogens with one attached hydrogen (secondary N) is 1. The van der Waals surface area contributed by atoms with Crippen LogP contribution in [0.4, 0.5) is 0 Å². The number of aromatic nitrogens is 1. The highest BCUT2D eigenvalue weighted by Crippen LogP contribution is 2.21. The van der Waals surface area contributed by atoms with E-state index in [-0.39, 0.29) is 12.5 Å². The molecule has 1 aromatic heterocycles. The van der Waals surface area contributed by atoms with Gasteiger partial charge >= 0.3 is 0 Å². The van der Waals surface area contributed by atoms with E-state index in [4.69, 9.17) is 16.3 Å². The molecule has 1 aromatic rings. The molecule has 1 saturated heterocycles. The third kappa shape index (κ3) is 3.48. The second kappa shape index (κ2) is 6.52. The van der Waals surface area contributed by atoms with Gasteiger partial charge in [-0.05, 0) is 31.4 Å². The number of rotatable bonds is 4. The normalized spacial score (nSPS) is 17.8. The van der Waals surface area contributed by atoms with Gasteiger partial charge in [-0.25, -0.2) is 4.98 Å². The number of amides is 1. The van der Waals surface area contributed by atoms with Gasteiger partial charge in [0, 0.05) is 24.5 Å². The first-order chi connectivity index (χ1) is 9.58. The fourth-order valence-electron chi connectivity index (χ4n) is 2.26. The van der Waals surface area contributed by atoms with Gasteiger partial charge in [0.1, 0.15) is 5.15 Å². The van der Waals surface area contributed by atoms with Crippen LogP contribution in [0.25, 0.3) is 0 Å². The number of hydrogen-bond acceptors (Lipinski definition) is 4. The summed E-state index contributed by atoms with van der Waals surface area (Å²) in [5.41, 5.74) is 0.645. The highest BCUT2D eigenvalue weighted by molar-refractivity contribution is 6.29. The summed E-state index contributed by atoms with van der Waals surface area (Å²) in [5.74, 6) is -0.236. The number of nitrogens with zero attached hydrogens (tertiary/aromatic N) is 1. The maximum Gasteiger partial charge on any atom is 0.251 e. The van der Waals surface area contributed by atoms with E-state index in [1.807, 2.05) is 6.92 Å². The van der Waals surface area contributed by atoms with E-state index in [9.17, 15) is 9.90 Å². The van der Waals surface area contributed by atoms with Crippen LogP contribution >= 0.6 is 11.6 Å². The van der Waals surface area contributed by atoms with E-state index in [0.29, 0.717) is 43.2 Å². The molecule has 0 radical (unpaired) electrons. The van der Waals surface area contributed by atoms with E-state index in [2.05, 4.69) is 10.3 Å². The van der Waals surface area contributed by atoms with Gasteiger partial charge in [0.15, 0.2) is 0 Å². The number of carbonyl (C=O) groups is 1. The van der Waals surface area contributed by atoms with Gasteiger partial charge in [-0.2, -0.15) is 0 Å². The van der Waals surface area contributed by atoms with Crippen molar-refractivity contribution in [2.75, 3.05) is 19.8 Å². The van der Waals surface area contributed by atoms with Crippen molar-refractivity contribution in [3.05, 3.63) is 28.5 Å². The number of carbonyl (C=O) groups excluding carboxylic acids is 1. The predicted molar refractivity (Wildman–Crippen MR) is 76.0 cm³/mol. The number of aliphatic hydroxyl groups is 1. The van der Waals surface area contributed by atoms with Crippen molar-refractivity contribution >= 4 is 17.5 Å². The van der Waals surface area contributed by atoms with Crippen LogP contribution < -0.4 is 5.32 Å². The number of halogens is 1. The Labute approximate surface area is 123 Å². The smallest absolute Gasteiger partial charge is 0.251 e. The zero-order valence-electron chi connectivity index (χ0n) is 11.5. The first-order valence-corrected chi connectivity index (χ1v) is 7.14. The Balaban J connectivity index is 2.16. The van der Waals surface area contributed by atoms with E-state index in [0.717, 1.165) is 5.69 Å². The van der Waals surface area contributed by atoms with Crippen molar-refractivity contribution in [2.45, 2.75) is 31.7 Å². The molecular formula is C14H19ClN2O3. The maximum absolute atomic E-state index is 12.3. The van der Waals surface area contributed by atoms with Gasteiger partial charge < -0.3 is 15.2 Å². The molecule has 2 heterocycles. The van der Waals surface area contributed by atoms with Gasteiger partial charge in [0.05, 0.1) is 12.1 Å². The van der Waals surface area contributed by atoms with Crippen molar-refractivity contribution in [2.24, 2.45) is 0 Å². The average molecular weight is 299 g/mol. The Morgan fingerprint density at radius 1 is 1.50 bits per heavy atom. The molecule has 1 amide bonds. The average Bonchev–Trinajstić information content (AvgIpc) is 2.47. The Kier molecular flexibility index (Phi) is 4.96. The summed E-state index contributed by atoms with van der Waals surface area (Å²) < 4.78 is 5.28. The highest BCUT2D eigenvalue weighted by atomic mass is 35.5. The van der Waals surface area contributed by atoms with Crippen molar-refractivity contribution < 1.29 is 14.6 Å². The summed E-state index contributed by atoms with van der Waals surface area (Å²) in [6.07, 6.45) is 1.92. The molecule has 0 bridgehead atoms. The SMILES string of the molecule is CCc1cc(C(=O)NC2(CO)CCOCC2)cc(Cl)n1. The summed E-state index contributed by atoms with van der Waals surface area (Å²) in [6, 6.07) is 3.27.